The number of hydrogen-bond acceptors (Lipinski definition) is 4. The molecule has 2 amide bonds. The Balaban J connectivity index is 1.85. The summed E-state index contributed by atoms with van der Waals surface area (Å²) in [7, 11) is 0. The smallest absolute Gasteiger partial charge is 0.252 e. The minimum atomic E-state index is -1.20. The molecule has 0 bridgehead atoms. The summed E-state index contributed by atoms with van der Waals surface area (Å²) in [6.07, 6.45) is 3.66. The summed E-state index contributed by atoms with van der Waals surface area (Å²) in [5, 5.41) is 14.0. The van der Waals surface area contributed by atoms with Gasteiger partial charge in [-0.25, -0.2) is 0 Å². The quantitative estimate of drug-likeness (QED) is 0.797. The molecule has 8 heteroatoms. The Morgan fingerprint density at radius 1 is 1.07 bits per heavy atom. The zero-order chi connectivity index (χ0) is 19.4. The molecule has 1 aromatic heterocycles. The topological polar surface area (TPSA) is 82.5 Å². The molecule has 0 radical (unpaired) electrons. The fraction of sp³-hybridized carbons (Fsp3) is 0.316. The number of amides is 2. The standard InChI is InChI=1S/C19H19Cl2N3O3/c20-14-4-3-13(11-15(14)21)18(26)23-16(19(27)24-9-1-2-10-24)17(25)12-5-7-22-8-6-12/h3-8,11,16-17,25H,1-2,9-10H2,(H,23,26). The van der Waals surface area contributed by atoms with Crippen molar-refractivity contribution in [1.82, 2.24) is 15.2 Å². The SMILES string of the molecule is O=C(NC(C(=O)N1CCCC1)C(O)c1ccncc1)c1ccc(Cl)c(Cl)c1. The predicted molar refractivity (Wildman–Crippen MR) is 103 cm³/mol. The molecule has 6 nitrogen and oxygen atoms in total. The van der Waals surface area contributed by atoms with Gasteiger partial charge >= 0.3 is 0 Å². The van der Waals surface area contributed by atoms with E-state index in [9.17, 15) is 14.7 Å². The Morgan fingerprint density at radius 3 is 2.37 bits per heavy atom. The summed E-state index contributed by atoms with van der Waals surface area (Å²) in [6, 6.07) is 6.55. The minimum absolute atomic E-state index is 0.237. The normalized spacial score (nSPS) is 16.0. The summed E-state index contributed by atoms with van der Waals surface area (Å²) in [5.41, 5.74) is 0.752. The number of rotatable bonds is 5. The van der Waals surface area contributed by atoms with Crippen LogP contribution in [0.15, 0.2) is 42.7 Å². The Kier molecular flexibility index (Phi) is 6.31. The van der Waals surface area contributed by atoms with Crippen molar-refractivity contribution in [2.45, 2.75) is 25.0 Å². The Hall–Kier alpha value is -2.15. The van der Waals surface area contributed by atoms with E-state index >= 15 is 0 Å². The molecule has 2 heterocycles. The first kappa shape index (κ1) is 19.6. The van der Waals surface area contributed by atoms with Gasteiger partial charge in [0.1, 0.15) is 12.1 Å². The van der Waals surface area contributed by atoms with Crippen LogP contribution in [0.4, 0.5) is 0 Å². The van der Waals surface area contributed by atoms with Crippen molar-refractivity contribution in [3.63, 3.8) is 0 Å². The van der Waals surface area contributed by atoms with Gasteiger partial charge in [0.05, 0.1) is 10.0 Å². The maximum atomic E-state index is 12.9. The van der Waals surface area contributed by atoms with Crippen LogP contribution in [0.2, 0.25) is 10.0 Å². The fourth-order valence-electron chi connectivity index (χ4n) is 3.02. The first-order valence-corrected chi connectivity index (χ1v) is 9.35. The van der Waals surface area contributed by atoms with Gasteiger partial charge in [0.25, 0.3) is 5.91 Å². The number of likely N-dealkylation sites (tertiary alicyclic amines) is 1. The lowest BCUT2D eigenvalue weighted by atomic mass is 10.0. The van der Waals surface area contributed by atoms with Crippen molar-refractivity contribution in [1.29, 1.82) is 0 Å². The molecule has 142 valence electrons. The summed E-state index contributed by atoms with van der Waals surface area (Å²) in [6.45, 7) is 1.22. The van der Waals surface area contributed by atoms with Gasteiger partial charge < -0.3 is 15.3 Å². The summed E-state index contributed by atoms with van der Waals surface area (Å²) in [4.78, 5) is 31.2. The maximum absolute atomic E-state index is 12.9. The number of hydrogen-bond donors (Lipinski definition) is 2. The van der Waals surface area contributed by atoms with Crippen LogP contribution < -0.4 is 5.32 Å². The van der Waals surface area contributed by atoms with Gasteiger partial charge in [-0.2, -0.15) is 0 Å². The number of aliphatic hydroxyl groups is 1. The van der Waals surface area contributed by atoms with Crippen LogP contribution in [-0.2, 0) is 4.79 Å². The van der Waals surface area contributed by atoms with Crippen LogP contribution in [0.5, 0.6) is 0 Å². The molecule has 1 fully saturated rings. The minimum Gasteiger partial charge on any atom is -0.386 e. The Labute approximate surface area is 167 Å². The van der Waals surface area contributed by atoms with E-state index < -0.39 is 18.1 Å². The number of carbonyl (C=O) groups excluding carboxylic acids is 2. The van der Waals surface area contributed by atoms with Crippen LogP contribution >= 0.6 is 23.2 Å². The number of benzene rings is 1. The molecule has 0 aliphatic carbocycles. The largest absolute Gasteiger partial charge is 0.386 e. The molecule has 2 aromatic rings. The molecule has 1 aliphatic heterocycles. The van der Waals surface area contributed by atoms with Gasteiger partial charge in [0.15, 0.2) is 0 Å². The highest BCUT2D eigenvalue weighted by atomic mass is 35.5. The third kappa shape index (κ3) is 4.58. The van der Waals surface area contributed by atoms with Crippen molar-refractivity contribution in [2.24, 2.45) is 0 Å². The first-order chi connectivity index (χ1) is 13.0. The molecule has 0 saturated carbocycles. The van der Waals surface area contributed by atoms with Gasteiger partial charge in [0, 0.05) is 31.0 Å². The van der Waals surface area contributed by atoms with E-state index in [1.54, 1.807) is 17.0 Å². The van der Waals surface area contributed by atoms with E-state index in [-0.39, 0.29) is 16.5 Å². The average molecular weight is 408 g/mol. The number of aromatic nitrogens is 1. The number of pyridine rings is 1. The second-order valence-electron chi connectivity index (χ2n) is 6.34. The van der Waals surface area contributed by atoms with Crippen LogP contribution in [-0.4, -0.2) is 45.9 Å². The lowest BCUT2D eigenvalue weighted by molar-refractivity contribution is -0.135. The molecule has 3 rings (SSSR count). The molecule has 0 spiro atoms. The van der Waals surface area contributed by atoms with E-state index in [2.05, 4.69) is 10.3 Å². The lowest BCUT2D eigenvalue weighted by Crippen LogP contribution is -2.51. The van der Waals surface area contributed by atoms with Crippen LogP contribution in [0.1, 0.15) is 34.9 Å². The fourth-order valence-corrected chi connectivity index (χ4v) is 3.32. The van der Waals surface area contributed by atoms with Crippen molar-refractivity contribution < 1.29 is 14.7 Å². The first-order valence-electron chi connectivity index (χ1n) is 8.60. The van der Waals surface area contributed by atoms with Crippen molar-refractivity contribution in [2.75, 3.05) is 13.1 Å². The average Bonchev–Trinajstić information content (AvgIpc) is 3.22. The van der Waals surface area contributed by atoms with Gasteiger partial charge in [-0.1, -0.05) is 23.2 Å². The molecule has 1 aromatic carbocycles. The number of nitrogens with one attached hydrogen (secondary N) is 1. The molecule has 2 N–H and O–H groups in total. The summed E-state index contributed by atoms with van der Waals surface area (Å²) in [5.74, 6) is -0.829. The second kappa shape index (κ2) is 8.69. The number of carbonyl (C=O) groups is 2. The number of nitrogens with zero attached hydrogens (tertiary/aromatic N) is 2. The van der Waals surface area contributed by atoms with Crippen LogP contribution in [0.25, 0.3) is 0 Å². The zero-order valence-corrected chi connectivity index (χ0v) is 16.0. The van der Waals surface area contributed by atoms with Crippen LogP contribution in [0.3, 0.4) is 0 Å². The molecule has 1 saturated heterocycles. The number of aliphatic hydroxyl groups excluding tert-OH is 1. The third-order valence-electron chi connectivity index (χ3n) is 4.52. The molecule has 2 unspecified atom stereocenters. The van der Waals surface area contributed by atoms with Crippen molar-refractivity contribution in [3.05, 3.63) is 63.9 Å². The maximum Gasteiger partial charge on any atom is 0.252 e. The van der Waals surface area contributed by atoms with E-state index in [1.165, 1.54) is 30.6 Å². The lowest BCUT2D eigenvalue weighted by Gasteiger charge is -2.28. The van der Waals surface area contributed by atoms with Crippen molar-refractivity contribution in [3.8, 4) is 0 Å². The highest BCUT2D eigenvalue weighted by molar-refractivity contribution is 6.42. The predicted octanol–water partition coefficient (Wildman–Crippen LogP) is 2.84. The third-order valence-corrected chi connectivity index (χ3v) is 5.25. The zero-order valence-electron chi connectivity index (χ0n) is 14.4. The van der Waals surface area contributed by atoms with Gasteiger partial charge in [-0.3, -0.25) is 14.6 Å². The summed E-state index contributed by atoms with van der Waals surface area (Å²) >= 11 is 11.9. The molecular formula is C19H19Cl2N3O3. The van der Waals surface area contributed by atoms with Gasteiger partial charge in [-0.05, 0) is 48.7 Å². The molecular weight excluding hydrogens is 389 g/mol. The Morgan fingerprint density at radius 2 is 1.74 bits per heavy atom. The van der Waals surface area contributed by atoms with E-state index in [0.717, 1.165) is 12.8 Å². The van der Waals surface area contributed by atoms with E-state index in [4.69, 9.17) is 23.2 Å². The van der Waals surface area contributed by atoms with Gasteiger partial charge in [0.2, 0.25) is 5.91 Å². The molecule has 27 heavy (non-hydrogen) atoms. The summed E-state index contributed by atoms with van der Waals surface area (Å²) < 4.78 is 0. The van der Waals surface area contributed by atoms with E-state index in [0.29, 0.717) is 23.7 Å². The van der Waals surface area contributed by atoms with E-state index in [1.807, 2.05) is 0 Å². The van der Waals surface area contributed by atoms with Crippen molar-refractivity contribution >= 4 is 35.0 Å². The molecule has 1 aliphatic rings. The highest BCUT2D eigenvalue weighted by Gasteiger charge is 2.34. The second-order valence-corrected chi connectivity index (χ2v) is 7.15. The monoisotopic (exact) mass is 407 g/mol. The number of halogens is 2. The van der Waals surface area contributed by atoms with Gasteiger partial charge in [-0.15, -0.1) is 0 Å². The highest BCUT2D eigenvalue weighted by Crippen LogP contribution is 2.24. The van der Waals surface area contributed by atoms with Crippen LogP contribution in [0, 0.1) is 0 Å². The molecule has 2 atom stereocenters. The Bertz CT molecular complexity index is 826.